The fourth-order valence-electron chi connectivity index (χ4n) is 2.41. The molecule has 0 saturated carbocycles. The van der Waals surface area contributed by atoms with Crippen molar-refractivity contribution in [2.45, 2.75) is 26.7 Å². The average Bonchev–Trinajstić information content (AvgIpc) is 2.67. The summed E-state index contributed by atoms with van der Waals surface area (Å²) in [5.41, 5.74) is 2.04. The molecular weight excluding hydrogens is 344 g/mol. The van der Waals surface area contributed by atoms with Crippen LogP contribution in [0.3, 0.4) is 0 Å². The Labute approximate surface area is 159 Å². The third-order valence-corrected chi connectivity index (χ3v) is 3.92. The smallest absolute Gasteiger partial charge is 0.251 e. The van der Waals surface area contributed by atoms with Crippen LogP contribution in [0.4, 0.5) is 5.69 Å². The van der Waals surface area contributed by atoms with E-state index in [0.29, 0.717) is 23.6 Å². The molecule has 2 rings (SSSR count). The van der Waals surface area contributed by atoms with Gasteiger partial charge in [-0.1, -0.05) is 19.4 Å². The van der Waals surface area contributed by atoms with E-state index < -0.39 is 0 Å². The first-order valence-corrected chi connectivity index (χ1v) is 8.99. The number of carbonyl (C=O) groups excluding carboxylic acids is 2. The van der Waals surface area contributed by atoms with E-state index in [1.807, 2.05) is 19.1 Å². The minimum absolute atomic E-state index is 0.134. The molecule has 2 amide bonds. The summed E-state index contributed by atoms with van der Waals surface area (Å²) in [7, 11) is 1.54. The summed E-state index contributed by atoms with van der Waals surface area (Å²) in [6, 6.07) is 12.4. The standard InChI is InChI=1S/C21H26N2O4/c1-4-5-12-27-17-9-7-16(8-10-17)21(25)22-14-20(24)23-18-13-15(2)6-11-19(18)26-3/h6-11,13H,4-5,12,14H2,1-3H3,(H,22,25)(H,23,24). The van der Waals surface area contributed by atoms with Gasteiger partial charge >= 0.3 is 0 Å². The lowest BCUT2D eigenvalue weighted by molar-refractivity contribution is -0.115. The molecule has 0 saturated heterocycles. The molecule has 0 aliphatic rings. The summed E-state index contributed by atoms with van der Waals surface area (Å²) < 4.78 is 10.8. The van der Waals surface area contributed by atoms with Crippen LogP contribution in [-0.4, -0.2) is 32.1 Å². The summed E-state index contributed by atoms with van der Waals surface area (Å²) in [6.45, 7) is 4.55. The van der Waals surface area contributed by atoms with Gasteiger partial charge in [-0.15, -0.1) is 0 Å². The third kappa shape index (κ3) is 6.33. The number of aryl methyl sites for hydroxylation is 1. The Morgan fingerprint density at radius 1 is 1.07 bits per heavy atom. The van der Waals surface area contributed by atoms with Gasteiger partial charge in [-0.3, -0.25) is 9.59 Å². The molecule has 6 heteroatoms. The van der Waals surface area contributed by atoms with E-state index in [2.05, 4.69) is 17.6 Å². The number of unbranched alkanes of at least 4 members (excludes halogenated alkanes) is 1. The zero-order valence-electron chi connectivity index (χ0n) is 16.0. The van der Waals surface area contributed by atoms with Crippen LogP contribution in [0.2, 0.25) is 0 Å². The summed E-state index contributed by atoms with van der Waals surface area (Å²) in [5.74, 6) is 0.649. The predicted octanol–water partition coefficient (Wildman–Crippen LogP) is 3.55. The molecule has 0 spiro atoms. The molecule has 6 nitrogen and oxygen atoms in total. The van der Waals surface area contributed by atoms with E-state index in [-0.39, 0.29) is 18.4 Å². The van der Waals surface area contributed by atoms with Gasteiger partial charge in [0.1, 0.15) is 11.5 Å². The van der Waals surface area contributed by atoms with Crippen molar-refractivity contribution in [3.05, 3.63) is 53.6 Å². The number of hydrogen-bond donors (Lipinski definition) is 2. The van der Waals surface area contributed by atoms with Crippen LogP contribution in [0.1, 0.15) is 35.7 Å². The van der Waals surface area contributed by atoms with Gasteiger partial charge in [0.15, 0.2) is 0 Å². The van der Waals surface area contributed by atoms with Gasteiger partial charge < -0.3 is 20.1 Å². The van der Waals surface area contributed by atoms with Crippen molar-refractivity contribution in [1.82, 2.24) is 5.32 Å². The van der Waals surface area contributed by atoms with E-state index in [9.17, 15) is 9.59 Å². The predicted molar refractivity (Wildman–Crippen MR) is 106 cm³/mol. The lowest BCUT2D eigenvalue weighted by Crippen LogP contribution is -2.32. The second-order valence-electron chi connectivity index (χ2n) is 6.16. The van der Waals surface area contributed by atoms with Gasteiger partial charge in [-0.05, 0) is 55.3 Å². The second kappa shape index (κ2) is 10.2. The van der Waals surface area contributed by atoms with E-state index in [0.717, 1.165) is 24.2 Å². The van der Waals surface area contributed by atoms with Crippen molar-refractivity contribution in [2.24, 2.45) is 0 Å². The molecule has 0 aliphatic heterocycles. The Kier molecular flexibility index (Phi) is 7.67. The highest BCUT2D eigenvalue weighted by Crippen LogP contribution is 2.24. The van der Waals surface area contributed by atoms with Gasteiger partial charge in [-0.2, -0.15) is 0 Å². The Hall–Kier alpha value is -3.02. The van der Waals surface area contributed by atoms with Crippen molar-refractivity contribution in [3.63, 3.8) is 0 Å². The molecule has 0 aliphatic carbocycles. The number of amides is 2. The average molecular weight is 370 g/mol. The van der Waals surface area contributed by atoms with E-state index in [4.69, 9.17) is 9.47 Å². The molecule has 0 bridgehead atoms. The lowest BCUT2D eigenvalue weighted by Gasteiger charge is -2.11. The summed E-state index contributed by atoms with van der Waals surface area (Å²) in [4.78, 5) is 24.3. The molecule has 27 heavy (non-hydrogen) atoms. The molecule has 0 atom stereocenters. The van der Waals surface area contributed by atoms with Crippen molar-refractivity contribution in [2.75, 3.05) is 25.6 Å². The Morgan fingerprint density at radius 2 is 1.81 bits per heavy atom. The highest BCUT2D eigenvalue weighted by molar-refractivity contribution is 5.99. The molecule has 0 unspecified atom stereocenters. The molecular formula is C21H26N2O4. The van der Waals surface area contributed by atoms with Crippen LogP contribution in [-0.2, 0) is 4.79 Å². The number of nitrogens with one attached hydrogen (secondary N) is 2. The first kappa shape index (κ1) is 20.3. The number of hydrogen-bond acceptors (Lipinski definition) is 4. The number of benzene rings is 2. The Balaban J connectivity index is 1.86. The summed E-state index contributed by atoms with van der Waals surface area (Å²) >= 11 is 0. The Bertz CT molecular complexity index is 772. The van der Waals surface area contributed by atoms with Gasteiger partial charge in [0.2, 0.25) is 5.91 Å². The SMILES string of the molecule is CCCCOc1ccc(C(=O)NCC(=O)Nc2cc(C)ccc2OC)cc1. The van der Waals surface area contributed by atoms with Crippen LogP contribution in [0.25, 0.3) is 0 Å². The number of methoxy groups -OCH3 is 1. The van der Waals surface area contributed by atoms with Gasteiger partial charge in [-0.25, -0.2) is 0 Å². The number of rotatable bonds is 9. The van der Waals surface area contributed by atoms with E-state index in [1.165, 1.54) is 7.11 Å². The molecule has 0 heterocycles. The number of ether oxygens (including phenoxy) is 2. The largest absolute Gasteiger partial charge is 0.495 e. The third-order valence-electron chi connectivity index (χ3n) is 3.92. The van der Waals surface area contributed by atoms with Crippen molar-refractivity contribution in [3.8, 4) is 11.5 Å². The molecule has 0 radical (unpaired) electrons. The van der Waals surface area contributed by atoms with Crippen LogP contribution >= 0.6 is 0 Å². The molecule has 144 valence electrons. The summed E-state index contributed by atoms with van der Waals surface area (Å²) in [6.07, 6.45) is 2.06. The minimum atomic E-state index is -0.327. The quantitative estimate of drug-likeness (QED) is 0.662. The zero-order valence-corrected chi connectivity index (χ0v) is 16.0. The topological polar surface area (TPSA) is 76.7 Å². The molecule has 0 fully saturated rings. The molecule has 0 aromatic heterocycles. The van der Waals surface area contributed by atoms with Crippen molar-refractivity contribution >= 4 is 17.5 Å². The van der Waals surface area contributed by atoms with Crippen LogP contribution < -0.4 is 20.1 Å². The fraction of sp³-hybridized carbons (Fsp3) is 0.333. The second-order valence-corrected chi connectivity index (χ2v) is 6.16. The van der Waals surface area contributed by atoms with Crippen LogP contribution in [0, 0.1) is 6.92 Å². The Morgan fingerprint density at radius 3 is 2.48 bits per heavy atom. The van der Waals surface area contributed by atoms with Crippen molar-refractivity contribution in [1.29, 1.82) is 0 Å². The first-order chi connectivity index (χ1) is 13.0. The lowest BCUT2D eigenvalue weighted by atomic mass is 10.2. The minimum Gasteiger partial charge on any atom is -0.495 e. The maximum atomic E-state index is 12.2. The molecule has 2 N–H and O–H groups in total. The monoisotopic (exact) mass is 370 g/mol. The number of carbonyl (C=O) groups is 2. The maximum Gasteiger partial charge on any atom is 0.251 e. The number of anilines is 1. The van der Waals surface area contributed by atoms with Crippen LogP contribution in [0.5, 0.6) is 11.5 Å². The first-order valence-electron chi connectivity index (χ1n) is 8.99. The van der Waals surface area contributed by atoms with Gasteiger partial charge in [0.05, 0.1) is 25.9 Å². The van der Waals surface area contributed by atoms with Gasteiger partial charge in [0, 0.05) is 5.56 Å². The molecule has 2 aromatic carbocycles. The van der Waals surface area contributed by atoms with E-state index in [1.54, 1.807) is 30.3 Å². The molecule has 2 aromatic rings. The maximum absolute atomic E-state index is 12.2. The zero-order chi connectivity index (χ0) is 19.6. The van der Waals surface area contributed by atoms with Crippen LogP contribution in [0.15, 0.2) is 42.5 Å². The summed E-state index contributed by atoms with van der Waals surface area (Å²) in [5, 5.41) is 5.36. The highest BCUT2D eigenvalue weighted by Gasteiger charge is 2.11. The fourth-order valence-corrected chi connectivity index (χ4v) is 2.41. The van der Waals surface area contributed by atoms with Gasteiger partial charge in [0.25, 0.3) is 5.91 Å². The highest BCUT2D eigenvalue weighted by atomic mass is 16.5. The normalized spacial score (nSPS) is 10.2. The van der Waals surface area contributed by atoms with Crippen molar-refractivity contribution < 1.29 is 19.1 Å². The van der Waals surface area contributed by atoms with E-state index >= 15 is 0 Å².